The Hall–Kier alpha value is -2.26. The molecule has 0 radical (unpaired) electrons. The molecule has 0 aliphatic carbocycles. The third-order valence-corrected chi connectivity index (χ3v) is 5.03. The molecule has 1 aliphatic rings. The number of carbonyl (C=O) groups is 2. The lowest BCUT2D eigenvalue weighted by atomic mass is 9.99. The van der Waals surface area contributed by atoms with Crippen molar-refractivity contribution in [1.29, 1.82) is 0 Å². The fourth-order valence-electron chi connectivity index (χ4n) is 2.82. The molecule has 0 saturated carbocycles. The van der Waals surface area contributed by atoms with E-state index in [0.717, 1.165) is 0 Å². The summed E-state index contributed by atoms with van der Waals surface area (Å²) in [6, 6.07) is 16.5. The van der Waals surface area contributed by atoms with Crippen LogP contribution in [0.5, 0.6) is 0 Å². The Kier molecular flexibility index (Phi) is 6.79. The quantitative estimate of drug-likeness (QED) is 0.529. The van der Waals surface area contributed by atoms with E-state index in [1.807, 2.05) is 0 Å². The number of esters is 2. The molecule has 1 fully saturated rings. The Bertz CT molecular complexity index is 799. The van der Waals surface area contributed by atoms with Crippen LogP contribution in [0.2, 0.25) is 0 Å². The summed E-state index contributed by atoms with van der Waals surface area (Å²) in [7, 11) is 0. The monoisotopic (exact) mass is 450 g/mol. The molecule has 2 aromatic rings. The minimum absolute atomic E-state index is 0.279. The van der Waals surface area contributed by atoms with E-state index < -0.39 is 48.0 Å². The molecular formula is C20H19BrO7. The lowest BCUT2D eigenvalue weighted by Crippen LogP contribution is -2.59. The Morgan fingerprint density at radius 2 is 1.36 bits per heavy atom. The molecule has 2 aromatic carbocycles. The largest absolute Gasteiger partial charge is 0.452 e. The van der Waals surface area contributed by atoms with Crippen LogP contribution in [-0.2, 0) is 14.2 Å². The second-order valence-corrected chi connectivity index (χ2v) is 7.07. The normalized spacial score (nSPS) is 27.0. The molecule has 7 nitrogen and oxygen atoms in total. The molecule has 0 aromatic heterocycles. The zero-order valence-corrected chi connectivity index (χ0v) is 16.3. The second kappa shape index (κ2) is 9.29. The van der Waals surface area contributed by atoms with Gasteiger partial charge in [0.05, 0.1) is 17.7 Å². The molecule has 5 atom stereocenters. The highest BCUT2D eigenvalue weighted by atomic mass is 79.9. The number of ether oxygens (including phenoxy) is 3. The molecule has 3 rings (SSSR count). The minimum atomic E-state index is -1.39. The van der Waals surface area contributed by atoms with Crippen LogP contribution in [-0.4, -0.2) is 58.2 Å². The summed E-state index contributed by atoms with van der Waals surface area (Å²) < 4.78 is 16.4. The number of halogens is 1. The van der Waals surface area contributed by atoms with E-state index in [9.17, 15) is 19.8 Å². The van der Waals surface area contributed by atoms with E-state index in [4.69, 9.17) is 14.2 Å². The first-order valence-corrected chi connectivity index (χ1v) is 9.53. The van der Waals surface area contributed by atoms with E-state index in [1.54, 1.807) is 60.7 Å². The molecule has 0 amide bonds. The van der Waals surface area contributed by atoms with Gasteiger partial charge in [0.1, 0.15) is 12.2 Å². The zero-order chi connectivity index (χ0) is 20.1. The van der Waals surface area contributed by atoms with Crippen LogP contribution in [0.4, 0.5) is 0 Å². The SMILES string of the molecule is O=C(O[C@@H]1[C@@H](OC(=O)c2ccccc2)[C@@H](O)[C@@H](CO)O[C@H]1Br)c1ccccc1. The molecule has 2 N–H and O–H groups in total. The van der Waals surface area contributed by atoms with Crippen molar-refractivity contribution >= 4 is 27.9 Å². The van der Waals surface area contributed by atoms with E-state index >= 15 is 0 Å². The lowest BCUT2D eigenvalue weighted by Gasteiger charge is -2.41. The summed E-state index contributed by atoms with van der Waals surface area (Å²) in [5.41, 5.74) is 0.579. The van der Waals surface area contributed by atoms with Crippen molar-refractivity contribution in [2.75, 3.05) is 6.61 Å². The van der Waals surface area contributed by atoms with Crippen molar-refractivity contribution in [3.05, 3.63) is 71.8 Å². The summed E-state index contributed by atoms with van der Waals surface area (Å²) in [5, 5.41) is 19.1. The van der Waals surface area contributed by atoms with Gasteiger partial charge in [-0.05, 0) is 24.3 Å². The van der Waals surface area contributed by atoms with Crippen molar-refractivity contribution in [1.82, 2.24) is 0 Å². The molecule has 0 bridgehead atoms. The van der Waals surface area contributed by atoms with Gasteiger partial charge in [0.25, 0.3) is 0 Å². The van der Waals surface area contributed by atoms with Crippen molar-refractivity contribution in [2.24, 2.45) is 0 Å². The van der Waals surface area contributed by atoms with E-state index in [0.29, 0.717) is 5.56 Å². The van der Waals surface area contributed by atoms with Crippen molar-refractivity contribution in [3.63, 3.8) is 0 Å². The van der Waals surface area contributed by atoms with Gasteiger partial charge >= 0.3 is 11.9 Å². The van der Waals surface area contributed by atoms with Crippen LogP contribution in [0.25, 0.3) is 0 Å². The van der Waals surface area contributed by atoms with Gasteiger partial charge in [0.2, 0.25) is 0 Å². The molecule has 1 saturated heterocycles. The first-order chi connectivity index (χ1) is 13.5. The standard InChI is InChI=1S/C20H19BrO7/c21-18-17(28-20(25)13-9-5-2-6-10-13)16(15(23)14(11-22)26-18)27-19(24)12-7-3-1-4-8-12/h1-10,14-18,22-23H,11H2/t14-,15+,16+,17-,18-/m1/s1. The van der Waals surface area contributed by atoms with Gasteiger partial charge in [-0.25, -0.2) is 9.59 Å². The van der Waals surface area contributed by atoms with Crippen molar-refractivity contribution in [2.45, 2.75) is 29.4 Å². The van der Waals surface area contributed by atoms with Gasteiger partial charge in [0, 0.05) is 0 Å². The molecule has 1 heterocycles. The Balaban J connectivity index is 1.82. The minimum Gasteiger partial charge on any atom is -0.452 e. The topological polar surface area (TPSA) is 102 Å². The van der Waals surface area contributed by atoms with E-state index in [1.165, 1.54) is 0 Å². The number of aliphatic hydroxyl groups excluding tert-OH is 2. The van der Waals surface area contributed by atoms with Crippen LogP contribution >= 0.6 is 15.9 Å². The average Bonchev–Trinajstić information content (AvgIpc) is 2.73. The number of carbonyl (C=O) groups excluding carboxylic acids is 2. The number of aliphatic hydroxyl groups is 2. The first-order valence-electron chi connectivity index (χ1n) is 8.61. The van der Waals surface area contributed by atoms with Crippen LogP contribution < -0.4 is 0 Å². The van der Waals surface area contributed by atoms with Gasteiger partial charge in [0.15, 0.2) is 17.2 Å². The number of hydrogen-bond donors (Lipinski definition) is 2. The third kappa shape index (κ3) is 4.59. The highest BCUT2D eigenvalue weighted by Gasteiger charge is 2.48. The molecule has 1 aliphatic heterocycles. The smallest absolute Gasteiger partial charge is 0.338 e. The van der Waals surface area contributed by atoms with Gasteiger partial charge < -0.3 is 24.4 Å². The summed E-state index contributed by atoms with van der Waals surface area (Å²) >= 11 is 3.24. The number of alkyl halides is 1. The predicted molar refractivity (Wildman–Crippen MR) is 102 cm³/mol. The highest BCUT2D eigenvalue weighted by Crippen LogP contribution is 2.30. The maximum Gasteiger partial charge on any atom is 0.338 e. The van der Waals surface area contributed by atoms with E-state index in [2.05, 4.69) is 15.9 Å². The zero-order valence-electron chi connectivity index (χ0n) is 14.7. The summed E-state index contributed by atoms with van der Waals surface area (Å²) in [6.45, 7) is -0.498. The molecule has 0 spiro atoms. The van der Waals surface area contributed by atoms with Gasteiger partial charge in [-0.2, -0.15) is 0 Å². The molecule has 0 unspecified atom stereocenters. The van der Waals surface area contributed by atoms with Crippen LogP contribution in [0.3, 0.4) is 0 Å². The Morgan fingerprint density at radius 3 is 1.82 bits per heavy atom. The highest BCUT2D eigenvalue weighted by molar-refractivity contribution is 9.09. The van der Waals surface area contributed by atoms with Crippen molar-refractivity contribution < 1.29 is 34.0 Å². The maximum atomic E-state index is 12.5. The van der Waals surface area contributed by atoms with Gasteiger partial charge in [-0.1, -0.05) is 52.3 Å². The predicted octanol–water partition coefficient (Wildman–Crippen LogP) is 1.91. The molecule has 8 heteroatoms. The molecule has 148 valence electrons. The molecular weight excluding hydrogens is 432 g/mol. The van der Waals surface area contributed by atoms with Gasteiger partial charge in [-0.3, -0.25) is 0 Å². The average molecular weight is 451 g/mol. The fraction of sp³-hybridized carbons (Fsp3) is 0.300. The number of hydrogen-bond acceptors (Lipinski definition) is 7. The first kappa shape index (κ1) is 20.5. The summed E-state index contributed by atoms with van der Waals surface area (Å²) in [4.78, 5) is 24.9. The third-order valence-electron chi connectivity index (χ3n) is 4.29. The Labute approximate surface area is 170 Å². The maximum absolute atomic E-state index is 12.5. The van der Waals surface area contributed by atoms with Crippen molar-refractivity contribution in [3.8, 4) is 0 Å². The number of rotatable bonds is 5. The van der Waals surface area contributed by atoms with E-state index in [-0.39, 0.29) is 5.56 Å². The van der Waals surface area contributed by atoms with Crippen LogP contribution in [0.15, 0.2) is 60.7 Å². The summed E-state index contributed by atoms with van der Waals surface area (Å²) in [6.07, 6.45) is -4.77. The second-order valence-electron chi connectivity index (χ2n) is 6.17. The Morgan fingerprint density at radius 1 is 0.893 bits per heavy atom. The number of benzene rings is 2. The lowest BCUT2D eigenvalue weighted by molar-refractivity contribution is -0.204. The molecule has 28 heavy (non-hydrogen) atoms. The fourth-order valence-corrected chi connectivity index (χ4v) is 3.51. The summed E-state index contributed by atoms with van der Waals surface area (Å²) in [5.74, 6) is -1.35. The van der Waals surface area contributed by atoms with Gasteiger partial charge in [-0.15, -0.1) is 0 Å². The van der Waals surface area contributed by atoms with Crippen LogP contribution in [0, 0.1) is 0 Å². The van der Waals surface area contributed by atoms with Crippen LogP contribution in [0.1, 0.15) is 20.7 Å².